The maximum absolute atomic E-state index is 12.1. The van der Waals surface area contributed by atoms with Crippen LogP contribution in [0.3, 0.4) is 0 Å². The van der Waals surface area contributed by atoms with Crippen LogP contribution >= 0.6 is 0 Å². The Morgan fingerprint density at radius 3 is 2.87 bits per heavy atom. The second kappa shape index (κ2) is 7.58. The van der Waals surface area contributed by atoms with Crippen LogP contribution in [-0.4, -0.2) is 45.3 Å². The summed E-state index contributed by atoms with van der Waals surface area (Å²) in [6, 6.07) is 3.97. The summed E-state index contributed by atoms with van der Waals surface area (Å²) in [5, 5.41) is 12.3. The molecule has 126 valence electrons. The Balaban J connectivity index is 2.20. The van der Waals surface area contributed by atoms with Crippen molar-refractivity contribution in [1.29, 1.82) is 0 Å². The molecule has 0 aliphatic carbocycles. The highest BCUT2D eigenvalue weighted by Gasteiger charge is 2.20. The van der Waals surface area contributed by atoms with Crippen LogP contribution in [0, 0.1) is 0 Å². The van der Waals surface area contributed by atoms with Gasteiger partial charge in [0.05, 0.1) is 16.6 Å². The minimum atomic E-state index is -3.76. The normalized spacial score (nSPS) is 17.8. The zero-order valence-electron chi connectivity index (χ0n) is 12.6. The van der Waals surface area contributed by atoms with Gasteiger partial charge in [0, 0.05) is 25.4 Å². The van der Waals surface area contributed by atoms with E-state index in [0.29, 0.717) is 18.8 Å². The molecule has 1 atom stereocenters. The summed E-state index contributed by atoms with van der Waals surface area (Å²) in [6.07, 6.45) is 3.37. The number of hydrogen-bond acceptors (Lipinski definition) is 5. The van der Waals surface area contributed by atoms with Gasteiger partial charge in [-0.05, 0) is 31.0 Å². The van der Waals surface area contributed by atoms with Gasteiger partial charge in [-0.1, -0.05) is 6.08 Å². The van der Waals surface area contributed by atoms with Crippen molar-refractivity contribution in [3.05, 3.63) is 36.4 Å². The highest BCUT2D eigenvalue weighted by atomic mass is 32.2. The molecule has 1 saturated heterocycles. The van der Waals surface area contributed by atoms with Crippen LogP contribution in [0.15, 0.2) is 35.7 Å². The number of aromatic carboxylic acids is 1. The Morgan fingerprint density at radius 1 is 1.48 bits per heavy atom. The molecule has 0 bridgehead atoms. The highest BCUT2D eigenvalue weighted by Crippen LogP contribution is 2.22. The molecule has 23 heavy (non-hydrogen) atoms. The van der Waals surface area contributed by atoms with Gasteiger partial charge >= 0.3 is 5.97 Å². The number of rotatable bonds is 8. The Bertz CT molecular complexity index is 681. The number of sulfonamides is 1. The molecule has 1 aromatic carbocycles. The average molecular weight is 340 g/mol. The van der Waals surface area contributed by atoms with Crippen molar-refractivity contribution >= 4 is 21.7 Å². The Kier molecular flexibility index (Phi) is 5.75. The summed E-state index contributed by atoms with van der Waals surface area (Å²) in [6.45, 7) is 4.71. The number of hydrogen-bond donors (Lipinski definition) is 3. The predicted octanol–water partition coefficient (Wildman–Crippen LogP) is 1.44. The van der Waals surface area contributed by atoms with Crippen molar-refractivity contribution in [2.45, 2.75) is 23.8 Å². The van der Waals surface area contributed by atoms with Crippen LogP contribution in [0.4, 0.5) is 5.69 Å². The lowest BCUT2D eigenvalue weighted by Gasteiger charge is -2.15. The topological polar surface area (TPSA) is 105 Å². The quantitative estimate of drug-likeness (QED) is 0.619. The van der Waals surface area contributed by atoms with Gasteiger partial charge in [-0.15, -0.1) is 6.58 Å². The Hall–Kier alpha value is -1.90. The van der Waals surface area contributed by atoms with Gasteiger partial charge in [-0.3, -0.25) is 0 Å². The predicted molar refractivity (Wildman–Crippen MR) is 86.3 cm³/mol. The molecule has 1 aliphatic heterocycles. The largest absolute Gasteiger partial charge is 0.478 e. The van der Waals surface area contributed by atoms with E-state index in [2.05, 4.69) is 16.6 Å². The summed E-state index contributed by atoms with van der Waals surface area (Å²) >= 11 is 0. The highest BCUT2D eigenvalue weighted by molar-refractivity contribution is 7.89. The molecule has 1 heterocycles. The number of nitrogens with one attached hydrogen (secondary N) is 2. The molecular formula is C15H20N2O5S. The maximum Gasteiger partial charge on any atom is 0.337 e. The third kappa shape index (κ3) is 4.54. The molecule has 1 aliphatic rings. The van der Waals surface area contributed by atoms with E-state index in [1.165, 1.54) is 18.2 Å². The number of carbonyl (C=O) groups is 1. The zero-order valence-corrected chi connectivity index (χ0v) is 13.4. The van der Waals surface area contributed by atoms with E-state index in [1.807, 2.05) is 0 Å². The lowest BCUT2D eigenvalue weighted by atomic mass is 10.1. The first-order chi connectivity index (χ1) is 10.9. The third-order valence-electron chi connectivity index (χ3n) is 3.49. The minimum Gasteiger partial charge on any atom is -0.478 e. The monoisotopic (exact) mass is 340 g/mol. The van der Waals surface area contributed by atoms with Crippen LogP contribution in [-0.2, 0) is 14.8 Å². The van der Waals surface area contributed by atoms with Crippen molar-refractivity contribution < 1.29 is 23.1 Å². The molecule has 0 radical (unpaired) electrons. The Labute approximate surface area is 135 Å². The van der Waals surface area contributed by atoms with Crippen molar-refractivity contribution in [2.24, 2.45) is 0 Å². The summed E-state index contributed by atoms with van der Waals surface area (Å²) in [5.41, 5.74) is 0.278. The number of carboxylic acids is 1. The molecule has 0 spiro atoms. The molecule has 0 aromatic heterocycles. The number of ether oxygens (including phenoxy) is 1. The molecule has 1 aromatic rings. The van der Waals surface area contributed by atoms with E-state index in [1.54, 1.807) is 0 Å². The van der Waals surface area contributed by atoms with Crippen molar-refractivity contribution in [1.82, 2.24) is 4.72 Å². The van der Waals surface area contributed by atoms with Gasteiger partial charge in [-0.2, -0.15) is 0 Å². The summed E-state index contributed by atoms with van der Waals surface area (Å²) in [4.78, 5) is 11.3. The van der Waals surface area contributed by atoms with Gasteiger partial charge in [0.15, 0.2) is 0 Å². The van der Waals surface area contributed by atoms with E-state index in [0.717, 1.165) is 18.9 Å². The van der Waals surface area contributed by atoms with Crippen molar-refractivity contribution in [2.75, 3.05) is 25.0 Å². The molecule has 1 fully saturated rings. The van der Waals surface area contributed by atoms with E-state index < -0.39 is 16.0 Å². The maximum atomic E-state index is 12.1. The fourth-order valence-corrected chi connectivity index (χ4v) is 3.33. The van der Waals surface area contributed by atoms with Gasteiger partial charge < -0.3 is 15.2 Å². The fraction of sp³-hybridized carbons (Fsp3) is 0.400. The van der Waals surface area contributed by atoms with Crippen LogP contribution < -0.4 is 10.0 Å². The molecule has 0 saturated carbocycles. The lowest BCUT2D eigenvalue weighted by Crippen LogP contribution is -2.24. The van der Waals surface area contributed by atoms with E-state index in [-0.39, 0.29) is 23.1 Å². The molecule has 0 amide bonds. The molecule has 8 heteroatoms. The summed E-state index contributed by atoms with van der Waals surface area (Å²) < 4.78 is 31.9. The van der Waals surface area contributed by atoms with Gasteiger partial charge in [0.2, 0.25) is 10.0 Å². The minimum absolute atomic E-state index is 0.0503. The molecule has 3 N–H and O–H groups in total. The number of anilines is 1. The smallest absolute Gasteiger partial charge is 0.337 e. The van der Waals surface area contributed by atoms with Gasteiger partial charge in [-0.25, -0.2) is 17.9 Å². The van der Waals surface area contributed by atoms with E-state index in [9.17, 15) is 18.3 Å². The first-order valence-corrected chi connectivity index (χ1v) is 8.75. The van der Waals surface area contributed by atoms with Crippen LogP contribution in [0.5, 0.6) is 0 Å². The standard InChI is InChI=1S/C15H20N2O5S/c1-2-7-17-23(20,21)12-5-6-14(13(9-12)15(18)19)16-10-11-4-3-8-22-11/h2,5-6,9,11,16-17H,1,3-4,7-8,10H2,(H,18,19)/t11-/m1/s1. The molecular weight excluding hydrogens is 320 g/mol. The van der Waals surface area contributed by atoms with Crippen molar-refractivity contribution in [3.8, 4) is 0 Å². The SMILES string of the molecule is C=CCNS(=O)(=O)c1ccc(NC[C@H]2CCCO2)c(C(=O)O)c1. The fourth-order valence-electron chi connectivity index (χ4n) is 2.30. The number of carboxylic acid groups (broad SMARTS) is 1. The average Bonchev–Trinajstić information content (AvgIpc) is 3.04. The molecule has 7 nitrogen and oxygen atoms in total. The summed E-state index contributed by atoms with van der Waals surface area (Å²) in [5.74, 6) is -1.19. The molecule has 0 unspecified atom stereocenters. The Morgan fingerprint density at radius 2 is 2.26 bits per heavy atom. The summed E-state index contributed by atoms with van der Waals surface area (Å²) in [7, 11) is -3.76. The van der Waals surface area contributed by atoms with Gasteiger partial charge in [0.25, 0.3) is 0 Å². The van der Waals surface area contributed by atoms with Crippen LogP contribution in [0.2, 0.25) is 0 Å². The second-order valence-corrected chi connectivity index (χ2v) is 6.94. The van der Waals surface area contributed by atoms with Crippen LogP contribution in [0.25, 0.3) is 0 Å². The number of benzene rings is 1. The lowest BCUT2D eigenvalue weighted by molar-refractivity contribution is 0.0697. The van der Waals surface area contributed by atoms with Gasteiger partial charge in [0.1, 0.15) is 0 Å². The zero-order chi connectivity index (χ0) is 16.9. The van der Waals surface area contributed by atoms with E-state index >= 15 is 0 Å². The second-order valence-electron chi connectivity index (χ2n) is 5.17. The first-order valence-electron chi connectivity index (χ1n) is 7.27. The van der Waals surface area contributed by atoms with Crippen molar-refractivity contribution in [3.63, 3.8) is 0 Å². The first kappa shape index (κ1) is 17.5. The third-order valence-corrected chi connectivity index (χ3v) is 4.91. The van der Waals surface area contributed by atoms with Crippen LogP contribution in [0.1, 0.15) is 23.2 Å². The molecule has 2 rings (SSSR count). The van der Waals surface area contributed by atoms with E-state index in [4.69, 9.17) is 4.74 Å².